The fraction of sp³-hybridized carbons (Fsp3) is 0.263. The Balaban J connectivity index is 1.59. The van der Waals surface area contributed by atoms with E-state index in [1.165, 1.54) is 10.5 Å². The summed E-state index contributed by atoms with van der Waals surface area (Å²) in [5.74, 6) is -0.579. The third kappa shape index (κ3) is 2.59. The van der Waals surface area contributed by atoms with Gasteiger partial charge in [-0.25, -0.2) is 4.90 Å². The average Bonchev–Trinajstić information content (AvgIpc) is 3.12. The Morgan fingerprint density at radius 2 is 1.48 bits per heavy atom. The fourth-order valence-electron chi connectivity index (χ4n) is 3.18. The van der Waals surface area contributed by atoms with Gasteiger partial charge in [-0.3, -0.25) is 14.6 Å². The van der Waals surface area contributed by atoms with E-state index in [1.54, 1.807) is 17.1 Å². The van der Waals surface area contributed by atoms with Gasteiger partial charge in [0.1, 0.15) is 0 Å². The van der Waals surface area contributed by atoms with E-state index >= 15 is 0 Å². The third-order valence-corrected chi connectivity index (χ3v) is 4.62. The van der Waals surface area contributed by atoms with Crippen molar-refractivity contribution in [2.45, 2.75) is 32.5 Å². The normalized spacial score (nSPS) is 22.0. The average molecular weight is 334 g/mol. The van der Waals surface area contributed by atoms with Crippen LogP contribution < -0.4 is 4.90 Å². The maximum atomic E-state index is 12.9. The molecule has 0 saturated carbocycles. The Kier molecular flexibility index (Phi) is 3.60. The fourth-order valence-corrected chi connectivity index (χ4v) is 3.18. The first kappa shape index (κ1) is 15.5. The Morgan fingerprint density at radius 1 is 0.880 bits per heavy atom. The minimum Gasteiger partial charge on any atom is -0.271 e. The van der Waals surface area contributed by atoms with Crippen LogP contribution in [-0.2, 0) is 16.1 Å². The van der Waals surface area contributed by atoms with Gasteiger partial charge in [-0.05, 0) is 31.5 Å². The predicted molar refractivity (Wildman–Crippen MR) is 92.8 cm³/mol. The maximum Gasteiger partial charge on any atom is 0.263 e. The van der Waals surface area contributed by atoms with Crippen LogP contribution in [0.2, 0.25) is 0 Å². The second-order valence-corrected chi connectivity index (χ2v) is 6.53. The van der Waals surface area contributed by atoms with Crippen LogP contribution in [-0.4, -0.2) is 28.9 Å². The number of imide groups is 1. The molecule has 2 aliphatic heterocycles. The molecule has 25 heavy (non-hydrogen) atoms. The lowest BCUT2D eigenvalue weighted by molar-refractivity contribution is -0.123. The molecule has 2 amide bonds. The Morgan fingerprint density at radius 3 is 2.12 bits per heavy atom. The summed E-state index contributed by atoms with van der Waals surface area (Å²) in [7, 11) is 0. The van der Waals surface area contributed by atoms with Gasteiger partial charge in [0, 0.05) is 0 Å². The number of hydrogen-bond acceptors (Lipinski definition) is 5. The lowest BCUT2D eigenvalue weighted by Crippen LogP contribution is -2.39. The van der Waals surface area contributed by atoms with Crippen LogP contribution in [0, 0.1) is 13.8 Å². The smallest absolute Gasteiger partial charge is 0.263 e. The molecule has 2 aromatic carbocycles. The summed E-state index contributed by atoms with van der Waals surface area (Å²) in [5, 5.41) is 9.74. The zero-order valence-electron chi connectivity index (χ0n) is 14.1. The van der Waals surface area contributed by atoms with Crippen molar-refractivity contribution in [3.63, 3.8) is 0 Å². The first-order valence-electron chi connectivity index (χ1n) is 8.22. The predicted octanol–water partition coefficient (Wildman–Crippen LogP) is 2.80. The molecule has 0 aliphatic carbocycles. The van der Waals surface area contributed by atoms with Gasteiger partial charge in [-0.15, -0.1) is 0 Å². The Labute approximate surface area is 145 Å². The van der Waals surface area contributed by atoms with Crippen molar-refractivity contribution in [1.29, 1.82) is 0 Å². The van der Waals surface area contributed by atoms with Crippen LogP contribution in [0.15, 0.2) is 58.9 Å². The highest BCUT2D eigenvalue weighted by molar-refractivity contribution is 6.25. The second-order valence-electron chi connectivity index (χ2n) is 6.53. The van der Waals surface area contributed by atoms with Crippen molar-refractivity contribution in [1.82, 2.24) is 5.01 Å². The largest absolute Gasteiger partial charge is 0.271 e. The zero-order valence-corrected chi connectivity index (χ0v) is 14.1. The van der Waals surface area contributed by atoms with Crippen molar-refractivity contribution in [2.24, 2.45) is 10.3 Å². The van der Waals surface area contributed by atoms with Gasteiger partial charge >= 0.3 is 0 Å². The van der Waals surface area contributed by atoms with E-state index in [9.17, 15) is 9.59 Å². The number of fused-ring (bicyclic) bond motifs is 1. The highest BCUT2D eigenvalue weighted by atomic mass is 16.2. The molecular formula is C19H18N4O2. The SMILES string of the molecule is Cc1ccc(CN2N=N[C@@H]3C(=O)N(c4ccc(C)cc4)C(=O)[C@H]32)cc1. The summed E-state index contributed by atoms with van der Waals surface area (Å²) < 4.78 is 0. The molecule has 1 saturated heterocycles. The molecular weight excluding hydrogens is 316 g/mol. The van der Waals surface area contributed by atoms with E-state index in [2.05, 4.69) is 10.3 Å². The maximum absolute atomic E-state index is 12.9. The topological polar surface area (TPSA) is 65.3 Å². The van der Waals surface area contributed by atoms with Crippen LogP contribution in [0.25, 0.3) is 0 Å². The van der Waals surface area contributed by atoms with Gasteiger partial charge in [0.05, 0.1) is 12.2 Å². The lowest BCUT2D eigenvalue weighted by Gasteiger charge is -2.20. The number of carbonyl (C=O) groups excluding carboxylic acids is 2. The van der Waals surface area contributed by atoms with Gasteiger partial charge < -0.3 is 0 Å². The Bertz CT molecular complexity index is 858. The van der Waals surface area contributed by atoms with Crippen LogP contribution in [0.5, 0.6) is 0 Å². The number of amides is 2. The second kappa shape index (κ2) is 5.81. The Hall–Kier alpha value is -3.02. The molecule has 2 aromatic rings. The van der Waals surface area contributed by atoms with Gasteiger partial charge in [0.25, 0.3) is 11.8 Å². The van der Waals surface area contributed by atoms with E-state index in [-0.39, 0.29) is 11.8 Å². The van der Waals surface area contributed by atoms with Crippen LogP contribution in [0.4, 0.5) is 5.69 Å². The monoisotopic (exact) mass is 334 g/mol. The molecule has 2 aliphatic rings. The number of benzene rings is 2. The molecule has 126 valence electrons. The standard InChI is InChI=1S/C19H18N4O2/c1-12-3-7-14(8-4-12)11-22-17-16(20-21-22)18(24)23(19(17)25)15-9-5-13(2)6-10-15/h3-10,16-17H,11H2,1-2H3/t16-,17-/m0/s1. The quantitative estimate of drug-likeness (QED) is 0.811. The molecule has 2 atom stereocenters. The molecule has 0 aromatic heterocycles. The highest BCUT2D eigenvalue weighted by Crippen LogP contribution is 2.32. The minimum atomic E-state index is -0.751. The van der Waals surface area contributed by atoms with Crippen LogP contribution in [0.3, 0.4) is 0 Å². The highest BCUT2D eigenvalue weighted by Gasteiger charge is 2.54. The molecule has 2 heterocycles. The summed E-state index contributed by atoms with van der Waals surface area (Å²) in [5.41, 5.74) is 3.85. The summed E-state index contributed by atoms with van der Waals surface area (Å²) >= 11 is 0. The van der Waals surface area contributed by atoms with Crippen LogP contribution in [0.1, 0.15) is 16.7 Å². The summed E-state index contributed by atoms with van der Waals surface area (Å²) in [6.45, 7) is 4.43. The molecule has 4 rings (SSSR count). The molecule has 0 radical (unpaired) electrons. The summed E-state index contributed by atoms with van der Waals surface area (Å²) in [4.78, 5) is 26.8. The van der Waals surface area contributed by atoms with Gasteiger partial charge in [0.2, 0.25) is 0 Å². The van der Waals surface area contributed by atoms with E-state index in [0.717, 1.165) is 11.1 Å². The number of rotatable bonds is 3. The molecule has 0 spiro atoms. The minimum absolute atomic E-state index is 0.268. The van der Waals surface area contributed by atoms with Gasteiger partial charge in [0.15, 0.2) is 12.1 Å². The van der Waals surface area contributed by atoms with Crippen molar-refractivity contribution < 1.29 is 9.59 Å². The number of hydrogen-bond donors (Lipinski definition) is 0. The first-order valence-corrected chi connectivity index (χ1v) is 8.22. The number of anilines is 1. The third-order valence-electron chi connectivity index (χ3n) is 4.62. The first-order chi connectivity index (χ1) is 12.0. The molecule has 0 N–H and O–H groups in total. The number of aryl methyl sites for hydroxylation is 2. The molecule has 0 bridgehead atoms. The van der Waals surface area contributed by atoms with Crippen molar-refractivity contribution in [3.8, 4) is 0 Å². The molecule has 6 nitrogen and oxygen atoms in total. The van der Waals surface area contributed by atoms with E-state index in [4.69, 9.17) is 0 Å². The zero-order chi connectivity index (χ0) is 17.6. The molecule has 0 unspecified atom stereocenters. The van der Waals surface area contributed by atoms with Crippen molar-refractivity contribution >= 4 is 17.5 Å². The van der Waals surface area contributed by atoms with E-state index in [0.29, 0.717) is 12.2 Å². The molecule has 6 heteroatoms. The van der Waals surface area contributed by atoms with E-state index < -0.39 is 12.1 Å². The number of nitrogens with zero attached hydrogens (tertiary/aromatic N) is 4. The lowest BCUT2D eigenvalue weighted by atomic mass is 10.1. The van der Waals surface area contributed by atoms with Gasteiger partial charge in [-0.1, -0.05) is 52.7 Å². The van der Waals surface area contributed by atoms with Crippen LogP contribution >= 0.6 is 0 Å². The van der Waals surface area contributed by atoms with Gasteiger partial charge in [-0.2, -0.15) is 5.11 Å². The number of carbonyl (C=O) groups is 2. The summed E-state index contributed by atoms with van der Waals surface area (Å²) in [6, 6.07) is 14.0. The van der Waals surface area contributed by atoms with E-state index in [1.807, 2.05) is 50.2 Å². The summed E-state index contributed by atoms with van der Waals surface area (Å²) in [6.07, 6.45) is 0. The van der Waals surface area contributed by atoms with Crippen molar-refractivity contribution in [3.05, 3.63) is 65.2 Å². The molecule has 1 fully saturated rings. The van der Waals surface area contributed by atoms with Crippen molar-refractivity contribution in [2.75, 3.05) is 4.90 Å².